The first-order chi connectivity index (χ1) is 11.4. The standard InChI is InChI=1S/C17H17ClFN5/c1-10-6-11(2)24(23-10)17-9-20-8-16(22-17)21-12(3)13-4-5-15(19)14(18)7-13/h4-9,12H,1-3H3,(H,21,22). The Morgan fingerprint density at radius 2 is 2.00 bits per heavy atom. The number of anilines is 1. The molecular weight excluding hydrogens is 329 g/mol. The zero-order chi connectivity index (χ0) is 17.3. The molecule has 2 heterocycles. The topological polar surface area (TPSA) is 55.6 Å². The summed E-state index contributed by atoms with van der Waals surface area (Å²) in [6.07, 6.45) is 3.29. The molecule has 2 aromatic heterocycles. The van der Waals surface area contributed by atoms with Crippen molar-refractivity contribution in [1.29, 1.82) is 0 Å². The number of hydrogen-bond donors (Lipinski definition) is 1. The Bertz CT molecular complexity index is 877. The highest BCUT2D eigenvalue weighted by Crippen LogP contribution is 2.23. The summed E-state index contributed by atoms with van der Waals surface area (Å²) < 4.78 is 15.0. The molecule has 7 heteroatoms. The summed E-state index contributed by atoms with van der Waals surface area (Å²) in [6.45, 7) is 5.84. The molecule has 0 aliphatic rings. The maximum absolute atomic E-state index is 13.3. The van der Waals surface area contributed by atoms with Crippen molar-refractivity contribution < 1.29 is 4.39 Å². The van der Waals surface area contributed by atoms with Crippen LogP contribution in [0, 0.1) is 19.7 Å². The molecule has 0 saturated carbocycles. The van der Waals surface area contributed by atoms with Crippen LogP contribution in [0.15, 0.2) is 36.7 Å². The Balaban J connectivity index is 1.84. The monoisotopic (exact) mass is 345 g/mol. The predicted molar refractivity (Wildman–Crippen MR) is 92.1 cm³/mol. The van der Waals surface area contributed by atoms with Gasteiger partial charge in [-0.3, -0.25) is 4.98 Å². The Morgan fingerprint density at radius 1 is 1.21 bits per heavy atom. The van der Waals surface area contributed by atoms with E-state index in [1.807, 2.05) is 26.8 Å². The number of aryl methyl sites for hydroxylation is 2. The van der Waals surface area contributed by atoms with E-state index in [0.29, 0.717) is 11.6 Å². The molecule has 124 valence electrons. The van der Waals surface area contributed by atoms with Crippen molar-refractivity contribution in [2.45, 2.75) is 26.8 Å². The fourth-order valence-electron chi connectivity index (χ4n) is 2.47. The number of benzene rings is 1. The largest absolute Gasteiger partial charge is 0.362 e. The van der Waals surface area contributed by atoms with Crippen molar-refractivity contribution in [1.82, 2.24) is 19.7 Å². The van der Waals surface area contributed by atoms with E-state index in [1.54, 1.807) is 29.2 Å². The van der Waals surface area contributed by atoms with E-state index < -0.39 is 5.82 Å². The molecule has 0 amide bonds. The van der Waals surface area contributed by atoms with E-state index in [-0.39, 0.29) is 11.1 Å². The molecular formula is C17H17ClFN5. The molecule has 0 aliphatic carbocycles. The second-order valence-electron chi connectivity index (χ2n) is 5.64. The van der Waals surface area contributed by atoms with E-state index in [2.05, 4.69) is 20.4 Å². The summed E-state index contributed by atoms with van der Waals surface area (Å²) in [5.74, 6) is 0.807. The fraction of sp³-hybridized carbons (Fsp3) is 0.235. The van der Waals surface area contributed by atoms with E-state index >= 15 is 0 Å². The van der Waals surface area contributed by atoms with E-state index in [0.717, 1.165) is 17.0 Å². The van der Waals surface area contributed by atoms with Crippen LogP contribution in [0.1, 0.15) is 29.9 Å². The summed E-state index contributed by atoms with van der Waals surface area (Å²) in [5.41, 5.74) is 2.76. The van der Waals surface area contributed by atoms with Crippen LogP contribution in [0.25, 0.3) is 5.82 Å². The Morgan fingerprint density at radius 3 is 2.67 bits per heavy atom. The Labute approximate surface area is 144 Å². The summed E-state index contributed by atoms with van der Waals surface area (Å²) in [4.78, 5) is 8.76. The predicted octanol–water partition coefficient (Wildman–Crippen LogP) is 4.24. The van der Waals surface area contributed by atoms with E-state index in [9.17, 15) is 4.39 Å². The van der Waals surface area contributed by atoms with Crippen LogP contribution in [-0.4, -0.2) is 19.7 Å². The van der Waals surface area contributed by atoms with Gasteiger partial charge in [0.05, 0.1) is 29.2 Å². The Kier molecular flexibility index (Phi) is 4.49. The minimum atomic E-state index is -0.432. The van der Waals surface area contributed by atoms with Gasteiger partial charge in [-0.2, -0.15) is 5.10 Å². The van der Waals surface area contributed by atoms with Crippen molar-refractivity contribution in [2.24, 2.45) is 0 Å². The second kappa shape index (κ2) is 6.57. The third-order valence-electron chi connectivity index (χ3n) is 3.66. The van der Waals surface area contributed by atoms with E-state index in [4.69, 9.17) is 11.6 Å². The first-order valence-corrected chi connectivity index (χ1v) is 7.89. The van der Waals surface area contributed by atoms with Gasteiger partial charge in [-0.25, -0.2) is 14.1 Å². The molecule has 1 atom stereocenters. The summed E-state index contributed by atoms with van der Waals surface area (Å²) >= 11 is 5.84. The van der Waals surface area contributed by atoms with Gasteiger partial charge in [-0.15, -0.1) is 0 Å². The van der Waals surface area contributed by atoms with Crippen LogP contribution >= 0.6 is 11.6 Å². The number of nitrogens with zero attached hydrogens (tertiary/aromatic N) is 4. The summed E-state index contributed by atoms with van der Waals surface area (Å²) in [5, 5.41) is 7.75. The van der Waals surface area contributed by atoms with Crippen LogP contribution in [0.4, 0.5) is 10.2 Å². The minimum absolute atomic E-state index is 0.101. The molecule has 24 heavy (non-hydrogen) atoms. The molecule has 0 aliphatic heterocycles. The summed E-state index contributed by atoms with van der Waals surface area (Å²) in [6, 6.07) is 6.52. The van der Waals surface area contributed by atoms with Crippen LogP contribution in [0.2, 0.25) is 5.02 Å². The van der Waals surface area contributed by atoms with Crippen molar-refractivity contribution >= 4 is 17.4 Å². The SMILES string of the molecule is Cc1cc(C)n(-c2cncc(NC(C)c3ccc(F)c(Cl)c3)n2)n1. The lowest BCUT2D eigenvalue weighted by atomic mass is 10.1. The third-order valence-corrected chi connectivity index (χ3v) is 3.95. The molecule has 0 radical (unpaired) electrons. The molecule has 0 saturated heterocycles. The van der Waals surface area contributed by atoms with Gasteiger partial charge in [0.15, 0.2) is 5.82 Å². The van der Waals surface area contributed by atoms with Gasteiger partial charge in [0.25, 0.3) is 0 Å². The highest BCUT2D eigenvalue weighted by atomic mass is 35.5. The molecule has 3 aromatic rings. The van der Waals surface area contributed by atoms with Crippen LogP contribution in [-0.2, 0) is 0 Å². The maximum Gasteiger partial charge on any atom is 0.174 e. The van der Waals surface area contributed by atoms with Crippen LogP contribution < -0.4 is 5.32 Å². The first-order valence-electron chi connectivity index (χ1n) is 7.51. The molecule has 5 nitrogen and oxygen atoms in total. The van der Waals surface area contributed by atoms with Gasteiger partial charge in [0.2, 0.25) is 0 Å². The Hall–Kier alpha value is -2.47. The highest BCUT2D eigenvalue weighted by Gasteiger charge is 2.11. The lowest BCUT2D eigenvalue weighted by Gasteiger charge is -2.16. The van der Waals surface area contributed by atoms with Gasteiger partial charge in [-0.1, -0.05) is 17.7 Å². The van der Waals surface area contributed by atoms with Crippen LogP contribution in [0.3, 0.4) is 0 Å². The lowest BCUT2D eigenvalue weighted by Crippen LogP contribution is -2.10. The average Bonchev–Trinajstić information content (AvgIpc) is 2.89. The molecule has 0 fully saturated rings. The number of nitrogens with one attached hydrogen (secondary N) is 1. The molecule has 3 rings (SSSR count). The number of hydrogen-bond acceptors (Lipinski definition) is 4. The number of halogens is 2. The van der Waals surface area contributed by atoms with Gasteiger partial charge >= 0.3 is 0 Å². The minimum Gasteiger partial charge on any atom is -0.362 e. The van der Waals surface area contributed by atoms with E-state index in [1.165, 1.54) is 6.07 Å². The second-order valence-corrected chi connectivity index (χ2v) is 6.05. The molecule has 1 N–H and O–H groups in total. The van der Waals surface area contributed by atoms with Gasteiger partial charge in [0, 0.05) is 5.69 Å². The van der Waals surface area contributed by atoms with Gasteiger partial charge < -0.3 is 5.32 Å². The number of aromatic nitrogens is 4. The van der Waals surface area contributed by atoms with Crippen molar-refractivity contribution in [3.05, 3.63) is 64.5 Å². The molecule has 0 bridgehead atoms. The third kappa shape index (κ3) is 3.38. The number of rotatable bonds is 4. The van der Waals surface area contributed by atoms with Crippen molar-refractivity contribution in [3.63, 3.8) is 0 Å². The zero-order valence-corrected chi connectivity index (χ0v) is 14.3. The normalized spacial score (nSPS) is 12.2. The lowest BCUT2D eigenvalue weighted by molar-refractivity contribution is 0.627. The summed E-state index contributed by atoms with van der Waals surface area (Å²) in [7, 11) is 0. The first kappa shape index (κ1) is 16.4. The van der Waals surface area contributed by atoms with Crippen molar-refractivity contribution in [2.75, 3.05) is 5.32 Å². The molecule has 0 spiro atoms. The quantitative estimate of drug-likeness (QED) is 0.768. The fourth-order valence-corrected chi connectivity index (χ4v) is 2.66. The van der Waals surface area contributed by atoms with Gasteiger partial charge in [0.1, 0.15) is 11.6 Å². The molecule has 1 aromatic carbocycles. The smallest absolute Gasteiger partial charge is 0.174 e. The highest BCUT2D eigenvalue weighted by molar-refractivity contribution is 6.30. The van der Waals surface area contributed by atoms with Gasteiger partial charge in [-0.05, 0) is 44.5 Å². The zero-order valence-electron chi connectivity index (χ0n) is 13.6. The maximum atomic E-state index is 13.3. The molecule has 1 unspecified atom stereocenters. The van der Waals surface area contributed by atoms with Crippen molar-refractivity contribution in [3.8, 4) is 5.82 Å². The van der Waals surface area contributed by atoms with Crippen LogP contribution in [0.5, 0.6) is 0 Å². The average molecular weight is 346 g/mol.